The Morgan fingerprint density at radius 3 is 2.38 bits per heavy atom. The van der Waals surface area contributed by atoms with Crippen LogP contribution in [-0.4, -0.2) is 17.2 Å². The normalized spacial score (nSPS) is 12.0. The quantitative estimate of drug-likeness (QED) is 0.887. The zero-order valence-corrected chi connectivity index (χ0v) is 12.9. The van der Waals surface area contributed by atoms with Gasteiger partial charge in [-0.2, -0.15) is 0 Å². The molecule has 0 heterocycles. The summed E-state index contributed by atoms with van der Waals surface area (Å²) in [7, 11) is 0. The van der Waals surface area contributed by atoms with Crippen molar-refractivity contribution in [2.24, 2.45) is 0 Å². The monoisotopic (exact) mass is 324 g/mol. The van der Waals surface area contributed by atoms with Crippen molar-refractivity contribution in [3.8, 4) is 5.75 Å². The Hall–Kier alpha value is -1.71. The van der Waals surface area contributed by atoms with Gasteiger partial charge in [-0.3, -0.25) is 0 Å². The number of carbonyl (C=O) groups is 1. The van der Waals surface area contributed by atoms with E-state index in [0.717, 1.165) is 5.56 Å². The minimum atomic E-state index is -1.03. The molecule has 0 aliphatic rings. The Kier molecular flexibility index (Phi) is 5.10. The lowest BCUT2D eigenvalue weighted by molar-refractivity contribution is -0.145. The van der Waals surface area contributed by atoms with E-state index in [9.17, 15) is 9.90 Å². The number of para-hydroxylation sites is 1. The van der Waals surface area contributed by atoms with Crippen LogP contribution in [0.25, 0.3) is 0 Å². The highest BCUT2D eigenvalue weighted by molar-refractivity contribution is 6.34. The molecule has 0 spiro atoms. The third kappa shape index (κ3) is 4.38. The Bertz CT molecular complexity index is 635. The average molecular weight is 325 g/mol. The second kappa shape index (κ2) is 6.83. The molecule has 2 aromatic carbocycles. The van der Waals surface area contributed by atoms with Crippen molar-refractivity contribution >= 4 is 29.2 Å². The Morgan fingerprint density at radius 2 is 1.81 bits per heavy atom. The number of hydrogen-bond acceptors (Lipinski definition) is 2. The Balaban J connectivity index is 2.20. The predicted octanol–water partition coefficient (Wildman–Crippen LogP) is 4.38. The van der Waals surface area contributed by atoms with E-state index in [0.29, 0.717) is 21.4 Å². The maximum atomic E-state index is 11.4. The van der Waals surface area contributed by atoms with Crippen LogP contribution in [-0.2, 0) is 11.2 Å². The Labute approximate surface area is 133 Å². The molecule has 1 atom stereocenters. The molecule has 0 amide bonds. The van der Waals surface area contributed by atoms with Gasteiger partial charge < -0.3 is 9.84 Å². The minimum Gasteiger partial charge on any atom is -0.478 e. The third-order valence-corrected chi connectivity index (χ3v) is 3.42. The van der Waals surface area contributed by atoms with Crippen molar-refractivity contribution in [1.29, 1.82) is 0 Å². The van der Waals surface area contributed by atoms with E-state index in [1.807, 2.05) is 19.1 Å². The summed E-state index contributed by atoms with van der Waals surface area (Å²) in [6, 6.07) is 12.3. The number of aryl methyl sites for hydroxylation is 1. The molecule has 0 aliphatic carbocycles. The molecule has 0 fully saturated rings. The van der Waals surface area contributed by atoms with E-state index in [1.54, 1.807) is 30.3 Å². The summed E-state index contributed by atoms with van der Waals surface area (Å²) >= 11 is 11.9. The smallest absolute Gasteiger partial charge is 0.345 e. The number of aliphatic carboxylic acids is 1. The standard InChI is InChI=1S/C16H14Cl2O3/c1-10-4-2-3-5-14(10)21-15(16(19)20)8-11-6-12(17)9-13(18)7-11/h2-7,9,15H,8H2,1H3,(H,19,20). The molecule has 21 heavy (non-hydrogen) atoms. The zero-order valence-electron chi connectivity index (χ0n) is 11.3. The first kappa shape index (κ1) is 15.7. The van der Waals surface area contributed by atoms with E-state index < -0.39 is 12.1 Å². The lowest BCUT2D eigenvalue weighted by Crippen LogP contribution is -2.29. The average Bonchev–Trinajstić information content (AvgIpc) is 2.39. The number of ether oxygens (including phenoxy) is 1. The predicted molar refractivity (Wildman–Crippen MR) is 83.4 cm³/mol. The van der Waals surface area contributed by atoms with Crippen molar-refractivity contribution in [3.63, 3.8) is 0 Å². The number of carboxylic acid groups (broad SMARTS) is 1. The second-order valence-corrected chi connectivity index (χ2v) is 5.56. The topological polar surface area (TPSA) is 46.5 Å². The molecule has 2 rings (SSSR count). The van der Waals surface area contributed by atoms with Gasteiger partial charge in [-0.05, 0) is 42.3 Å². The highest BCUT2D eigenvalue weighted by Crippen LogP contribution is 2.23. The van der Waals surface area contributed by atoms with Crippen molar-refractivity contribution in [1.82, 2.24) is 0 Å². The molecular formula is C16H14Cl2O3. The van der Waals surface area contributed by atoms with Crippen molar-refractivity contribution in [2.45, 2.75) is 19.4 Å². The SMILES string of the molecule is Cc1ccccc1OC(Cc1cc(Cl)cc(Cl)c1)C(=O)O. The van der Waals surface area contributed by atoms with Gasteiger partial charge in [-0.25, -0.2) is 4.79 Å². The van der Waals surface area contributed by atoms with Crippen molar-refractivity contribution in [2.75, 3.05) is 0 Å². The number of carboxylic acids is 1. The molecule has 0 radical (unpaired) electrons. The van der Waals surface area contributed by atoms with Gasteiger partial charge in [0.05, 0.1) is 0 Å². The van der Waals surface area contributed by atoms with Gasteiger partial charge in [-0.15, -0.1) is 0 Å². The van der Waals surface area contributed by atoms with Crippen molar-refractivity contribution < 1.29 is 14.6 Å². The van der Waals surface area contributed by atoms with Crippen LogP contribution in [0.3, 0.4) is 0 Å². The summed E-state index contributed by atoms with van der Waals surface area (Å²) in [6.45, 7) is 1.87. The van der Waals surface area contributed by atoms with Crippen LogP contribution in [0, 0.1) is 6.92 Å². The van der Waals surface area contributed by atoms with Crippen molar-refractivity contribution in [3.05, 3.63) is 63.6 Å². The fourth-order valence-electron chi connectivity index (χ4n) is 1.96. The minimum absolute atomic E-state index is 0.184. The van der Waals surface area contributed by atoms with E-state index in [4.69, 9.17) is 27.9 Å². The van der Waals surface area contributed by atoms with Crippen LogP contribution in [0.4, 0.5) is 0 Å². The van der Waals surface area contributed by atoms with E-state index >= 15 is 0 Å². The first-order valence-corrected chi connectivity index (χ1v) is 7.11. The van der Waals surface area contributed by atoms with Gasteiger partial charge >= 0.3 is 5.97 Å². The lowest BCUT2D eigenvalue weighted by Gasteiger charge is -2.17. The molecule has 0 saturated heterocycles. The molecule has 0 aromatic heterocycles. The van der Waals surface area contributed by atoms with Gasteiger partial charge in [-0.1, -0.05) is 41.4 Å². The fraction of sp³-hybridized carbons (Fsp3) is 0.188. The molecular weight excluding hydrogens is 311 g/mol. The highest BCUT2D eigenvalue weighted by Gasteiger charge is 2.21. The van der Waals surface area contributed by atoms with Crippen LogP contribution in [0.5, 0.6) is 5.75 Å². The molecule has 3 nitrogen and oxygen atoms in total. The van der Waals surface area contributed by atoms with Crippen LogP contribution >= 0.6 is 23.2 Å². The molecule has 1 unspecified atom stereocenters. The Morgan fingerprint density at radius 1 is 1.19 bits per heavy atom. The fourth-order valence-corrected chi connectivity index (χ4v) is 2.54. The summed E-state index contributed by atoms with van der Waals surface area (Å²) in [5.74, 6) is -0.479. The maximum absolute atomic E-state index is 11.4. The van der Waals surface area contributed by atoms with Gasteiger partial charge in [0.15, 0.2) is 6.10 Å². The highest BCUT2D eigenvalue weighted by atomic mass is 35.5. The summed E-state index contributed by atoms with van der Waals surface area (Å²) in [5, 5.41) is 10.3. The molecule has 2 aromatic rings. The zero-order chi connectivity index (χ0) is 15.4. The molecule has 0 saturated carbocycles. The summed E-state index contributed by atoms with van der Waals surface area (Å²) < 4.78 is 5.60. The van der Waals surface area contributed by atoms with Gasteiger partial charge in [0.2, 0.25) is 0 Å². The maximum Gasteiger partial charge on any atom is 0.345 e. The molecule has 0 bridgehead atoms. The largest absolute Gasteiger partial charge is 0.478 e. The van der Waals surface area contributed by atoms with Gasteiger partial charge in [0.1, 0.15) is 5.75 Å². The van der Waals surface area contributed by atoms with Gasteiger partial charge in [0, 0.05) is 16.5 Å². The van der Waals surface area contributed by atoms with Crippen LogP contribution < -0.4 is 4.74 Å². The number of benzene rings is 2. The number of halogens is 2. The molecule has 5 heteroatoms. The van der Waals surface area contributed by atoms with E-state index in [2.05, 4.69) is 0 Å². The van der Waals surface area contributed by atoms with E-state index in [1.165, 1.54) is 0 Å². The molecule has 0 aliphatic heterocycles. The summed E-state index contributed by atoms with van der Waals surface area (Å²) in [4.78, 5) is 11.4. The first-order chi connectivity index (χ1) is 9.95. The number of hydrogen-bond donors (Lipinski definition) is 1. The summed E-state index contributed by atoms with van der Waals surface area (Å²) in [6.07, 6.45) is -0.815. The number of rotatable bonds is 5. The van der Waals surface area contributed by atoms with Gasteiger partial charge in [0.25, 0.3) is 0 Å². The van der Waals surface area contributed by atoms with E-state index in [-0.39, 0.29) is 6.42 Å². The van der Waals surface area contributed by atoms with Crippen LogP contribution in [0.1, 0.15) is 11.1 Å². The molecule has 1 N–H and O–H groups in total. The summed E-state index contributed by atoms with van der Waals surface area (Å²) in [5.41, 5.74) is 1.60. The third-order valence-electron chi connectivity index (χ3n) is 2.98. The first-order valence-electron chi connectivity index (χ1n) is 6.36. The van der Waals surface area contributed by atoms with Crippen LogP contribution in [0.15, 0.2) is 42.5 Å². The second-order valence-electron chi connectivity index (χ2n) is 4.69. The van der Waals surface area contributed by atoms with Crippen LogP contribution in [0.2, 0.25) is 10.0 Å². The lowest BCUT2D eigenvalue weighted by atomic mass is 10.1. The molecule has 110 valence electrons.